The Balaban J connectivity index is 2.26. The molecule has 0 bridgehead atoms. The van der Waals surface area contributed by atoms with Crippen molar-refractivity contribution in [2.24, 2.45) is 0 Å². The van der Waals surface area contributed by atoms with E-state index in [9.17, 15) is 4.79 Å². The fourth-order valence-corrected chi connectivity index (χ4v) is 2.26. The molecule has 1 aromatic heterocycles. The van der Waals surface area contributed by atoms with Crippen molar-refractivity contribution in [1.82, 2.24) is 14.9 Å². The van der Waals surface area contributed by atoms with Crippen LogP contribution in [0.3, 0.4) is 0 Å². The second-order valence-electron chi connectivity index (χ2n) is 3.98. The minimum Gasteiger partial charge on any atom is -0.453 e. The molecule has 5 heteroatoms. The average Bonchev–Trinajstić information content (AvgIpc) is 2.77. The molecule has 1 atom stereocenters. The van der Waals surface area contributed by atoms with Gasteiger partial charge in [-0.25, -0.2) is 9.78 Å². The maximum absolute atomic E-state index is 11.6. The van der Waals surface area contributed by atoms with Gasteiger partial charge >= 0.3 is 6.09 Å². The molecular formula is C11H17N3O2. The molecule has 16 heavy (non-hydrogen) atoms. The van der Waals surface area contributed by atoms with Crippen molar-refractivity contribution in [2.45, 2.75) is 32.2 Å². The third-order valence-corrected chi connectivity index (χ3v) is 3.02. The molecule has 5 nitrogen and oxygen atoms in total. The molecular weight excluding hydrogens is 206 g/mol. The lowest BCUT2D eigenvalue weighted by atomic mass is 9.99. The number of carbonyl (C=O) groups is 1. The van der Waals surface area contributed by atoms with Gasteiger partial charge in [-0.2, -0.15) is 0 Å². The molecule has 1 aliphatic heterocycles. The van der Waals surface area contributed by atoms with E-state index in [1.807, 2.05) is 0 Å². The van der Waals surface area contributed by atoms with Gasteiger partial charge < -0.3 is 9.72 Å². The first-order chi connectivity index (χ1) is 7.77. The number of H-pyrrole nitrogens is 1. The molecule has 0 aromatic carbocycles. The van der Waals surface area contributed by atoms with Crippen molar-refractivity contribution in [3.63, 3.8) is 0 Å². The minimum atomic E-state index is -0.257. The zero-order valence-electron chi connectivity index (χ0n) is 9.69. The molecule has 1 aliphatic rings. The van der Waals surface area contributed by atoms with Gasteiger partial charge in [-0.15, -0.1) is 0 Å². The Labute approximate surface area is 94.8 Å². The maximum atomic E-state index is 11.6. The summed E-state index contributed by atoms with van der Waals surface area (Å²) in [6, 6.07) is 0.0625. The van der Waals surface area contributed by atoms with Crippen molar-refractivity contribution < 1.29 is 9.53 Å². The van der Waals surface area contributed by atoms with E-state index in [4.69, 9.17) is 4.74 Å². The first-order valence-electron chi connectivity index (χ1n) is 5.64. The summed E-state index contributed by atoms with van der Waals surface area (Å²) in [4.78, 5) is 20.9. The zero-order valence-corrected chi connectivity index (χ0v) is 9.69. The smallest absolute Gasteiger partial charge is 0.410 e. The molecule has 1 amide bonds. The zero-order chi connectivity index (χ0) is 11.5. The lowest BCUT2D eigenvalue weighted by molar-refractivity contribution is 0.0968. The number of nitrogens with zero attached hydrogens (tertiary/aromatic N) is 2. The maximum Gasteiger partial charge on any atom is 0.410 e. The van der Waals surface area contributed by atoms with Crippen LogP contribution in [0.5, 0.6) is 0 Å². The van der Waals surface area contributed by atoms with Crippen LogP contribution < -0.4 is 0 Å². The summed E-state index contributed by atoms with van der Waals surface area (Å²) in [5.74, 6) is 0. The van der Waals surface area contributed by atoms with Crippen LogP contribution in [-0.2, 0) is 11.2 Å². The van der Waals surface area contributed by atoms with E-state index in [-0.39, 0.29) is 12.1 Å². The number of hydrogen-bond acceptors (Lipinski definition) is 3. The van der Waals surface area contributed by atoms with Gasteiger partial charge in [0.15, 0.2) is 0 Å². The van der Waals surface area contributed by atoms with Crippen LogP contribution >= 0.6 is 0 Å². The molecule has 0 radical (unpaired) electrons. The molecule has 1 unspecified atom stereocenters. The Morgan fingerprint density at radius 1 is 1.75 bits per heavy atom. The highest BCUT2D eigenvalue weighted by molar-refractivity contribution is 5.68. The summed E-state index contributed by atoms with van der Waals surface area (Å²) >= 11 is 0. The van der Waals surface area contributed by atoms with Gasteiger partial charge in [0.05, 0.1) is 25.2 Å². The summed E-state index contributed by atoms with van der Waals surface area (Å²) < 4.78 is 4.81. The SMILES string of the molecule is CCCC1c2nc[nH]c2CCN1C(=O)OC. The normalized spacial score (nSPS) is 19.4. The second kappa shape index (κ2) is 4.55. The van der Waals surface area contributed by atoms with E-state index in [1.54, 1.807) is 11.2 Å². The van der Waals surface area contributed by atoms with Crippen LogP contribution in [0, 0.1) is 0 Å². The predicted molar refractivity (Wildman–Crippen MR) is 59.1 cm³/mol. The van der Waals surface area contributed by atoms with Crippen molar-refractivity contribution in [1.29, 1.82) is 0 Å². The highest BCUT2D eigenvalue weighted by Crippen LogP contribution is 2.31. The number of nitrogens with one attached hydrogen (secondary N) is 1. The van der Waals surface area contributed by atoms with Gasteiger partial charge in [-0.1, -0.05) is 13.3 Å². The number of aromatic nitrogens is 2. The van der Waals surface area contributed by atoms with Crippen molar-refractivity contribution in [3.05, 3.63) is 17.7 Å². The molecule has 0 saturated carbocycles. The lowest BCUT2D eigenvalue weighted by Crippen LogP contribution is -2.40. The topological polar surface area (TPSA) is 58.2 Å². The monoisotopic (exact) mass is 223 g/mol. The summed E-state index contributed by atoms with van der Waals surface area (Å²) in [5.41, 5.74) is 2.15. The van der Waals surface area contributed by atoms with E-state index in [0.29, 0.717) is 6.54 Å². The van der Waals surface area contributed by atoms with Gasteiger partial charge in [-0.05, 0) is 6.42 Å². The van der Waals surface area contributed by atoms with Crippen LogP contribution in [0.4, 0.5) is 4.79 Å². The molecule has 0 saturated heterocycles. The molecule has 1 aromatic rings. The molecule has 2 rings (SSSR count). The number of aromatic amines is 1. The average molecular weight is 223 g/mol. The standard InChI is InChI=1S/C11H17N3O2/c1-3-4-9-10-8(12-7-13-10)5-6-14(9)11(15)16-2/h7,9H,3-6H2,1-2H3,(H,12,13). The van der Waals surface area contributed by atoms with Crippen LogP contribution in [0.15, 0.2) is 6.33 Å². The number of carbonyl (C=O) groups excluding carboxylic acids is 1. The Morgan fingerprint density at radius 3 is 3.25 bits per heavy atom. The third kappa shape index (κ3) is 1.77. The molecule has 0 fully saturated rings. The third-order valence-electron chi connectivity index (χ3n) is 3.02. The number of methoxy groups -OCH3 is 1. The number of rotatable bonds is 2. The Hall–Kier alpha value is -1.52. The van der Waals surface area contributed by atoms with Gasteiger partial charge in [0.1, 0.15) is 0 Å². The first-order valence-corrected chi connectivity index (χ1v) is 5.64. The quantitative estimate of drug-likeness (QED) is 0.832. The van der Waals surface area contributed by atoms with Crippen LogP contribution in [0.25, 0.3) is 0 Å². The Morgan fingerprint density at radius 2 is 2.56 bits per heavy atom. The summed E-state index contributed by atoms with van der Waals surface area (Å²) in [6.07, 6.45) is 4.21. The number of ether oxygens (including phenoxy) is 1. The highest BCUT2D eigenvalue weighted by Gasteiger charge is 2.32. The van der Waals surface area contributed by atoms with Crippen LogP contribution in [-0.4, -0.2) is 34.6 Å². The van der Waals surface area contributed by atoms with E-state index in [1.165, 1.54) is 7.11 Å². The predicted octanol–water partition coefficient (Wildman–Crippen LogP) is 1.88. The number of hydrogen-bond donors (Lipinski definition) is 1. The molecule has 0 aliphatic carbocycles. The highest BCUT2D eigenvalue weighted by atomic mass is 16.5. The van der Waals surface area contributed by atoms with Gasteiger partial charge in [-0.3, -0.25) is 4.90 Å². The van der Waals surface area contributed by atoms with Crippen LogP contribution in [0.2, 0.25) is 0 Å². The first kappa shape index (κ1) is 11.0. The van der Waals surface area contributed by atoms with Gasteiger partial charge in [0.2, 0.25) is 0 Å². The van der Waals surface area contributed by atoms with E-state index < -0.39 is 0 Å². The Bertz CT molecular complexity index is 375. The summed E-state index contributed by atoms with van der Waals surface area (Å²) in [6.45, 7) is 2.81. The van der Waals surface area contributed by atoms with Crippen LogP contribution in [0.1, 0.15) is 37.2 Å². The lowest BCUT2D eigenvalue weighted by Gasteiger charge is -2.33. The molecule has 0 spiro atoms. The van der Waals surface area contributed by atoms with Gasteiger partial charge in [0, 0.05) is 18.7 Å². The number of amides is 1. The number of fused-ring (bicyclic) bond motifs is 1. The summed E-state index contributed by atoms with van der Waals surface area (Å²) in [7, 11) is 1.42. The number of imidazole rings is 1. The van der Waals surface area contributed by atoms with Gasteiger partial charge in [0.25, 0.3) is 0 Å². The molecule has 88 valence electrons. The second-order valence-corrected chi connectivity index (χ2v) is 3.98. The minimum absolute atomic E-state index is 0.0625. The summed E-state index contributed by atoms with van der Waals surface area (Å²) in [5, 5.41) is 0. The van der Waals surface area contributed by atoms with Crippen molar-refractivity contribution in [3.8, 4) is 0 Å². The van der Waals surface area contributed by atoms with E-state index in [0.717, 1.165) is 30.7 Å². The van der Waals surface area contributed by atoms with E-state index in [2.05, 4.69) is 16.9 Å². The van der Waals surface area contributed by atoms with Crippen molar-refractivity contribution >= 4 is 6.09 Å². The van der Waals surface area contributed by atoms with Crippen molar-refractivity contribution in [2.75, 3.05) is 13.7 Å². The largest absolute Gasteiger partial charge is 0.453 e. The Kier molecular flexibility index (Phi) is 3.12. The molecule has 2 heterocycles. The van der Waals surface area contributed by atoms with E-state index >= 15 is 0 Å². The fourth-order valence-electron chi connectivity index (χ4n) is 2.26. The fraction of sp³-hybridized carbons (Fsp3) is 0.636. The molecule has 1 N–H and O–H groups in total.